The largest absolute Gasteiger partial charge is 0.361 e. The average molecular weight is 430 g/mol. The van der Waals surface area contributed by atoms with Crippen molar-refractivity contribution >= 4 is 28.6 Å². The molecule has 1 aromatic heterocycles. The number of imide groups is 1. The van der Waals surface area contributed by atoms with Gasteiger partial charge in [0.25, 0.3) is 11.8 Å². The number of hydrogen-bond donors (Lipinski definition) is 1. The molecule has 2 aliphatic heterocycles. The van der Waals surface area contributed by atoms with E-state index in [0.717, 1.165) is 37.0 Å². The number of nitrogens with one attached hydrogen (secondary N) is 1. The SMILES string of the molecule is Cc1ccc2c(c1)C(=O)N(CCCC(=O)N1CCC(c3c[nH]c4ccccc34)CC1)C2=O. The summed E-state index contributed by atoms with van der Waals surface area (Å²) in [6.07, 6.45) is 4.85. The molecule has 2 aliphatic rings. The van der Waals surface area contributed by atoms with Gasteiger partial charge in [-0.05, 0) is 55.9 Å². The molecule has 6 heteroatoms. The van der Waals surface area contributed by atoms with Crippen LogP contribution >= 0.6 is 0 Å². The summed E-state index contributed by atoms with van der Waals surface area (Å²) in [6.45, 7) is 3.68. The lowest BCUT2D eigenvalue weighted by Crippen LogP contribution is -2.38. The minimum Gasteiger partial charge on any atom is -0.361 e. The second-order valence-corrected chi connectivity index (χ2v) is 8.86. The highest BCUT2D eigenvalue weighted by Crippen LogP contribution is 2.33. The molecule has 0 spiro atoms. The van der Waals surface area contributed by atoms with Crippen molar-refractivity contribution in [3.8, 4) is 0 Å². The van der Waals surface area contributed by atoms with E-state index < -0.39 is 0 Å². The monoisotopic (exact) mass is 429 g/mol. The van der Waals surface area contributed by atoms with Gasteiger partial charge in [-0.3, -0.25) is 19.3 Å². The van der Waals surface area contributed by atoms with Gasteiger partial charge in [0.1, 0.15) is 0 Å². The Hall–Kier alpha value is -3.41. The topological polar surface area (TPSA) is 73.5 Å². The normalized spacial score (nSPS) is 16.8. The number of piperidine rings is 1. The number of benzene rings is 2. The molecular weight excluding hydrogens is 402 g/mol. The first-order chi connectivity index (χ1) is 15.5. The van der Waals surface area contributed by atoms with Gasteiger partial charge in [0.2, 0.25) is 5.91 Å². The van der Waals surface area contributed by atoms with Gasteiger partial charge in [-0.15, -0.1) is 0 Å². The molecule has 32 heavy (non-hydrogen) atoms. The molecule has 0 atom stereocenters. The van der Waals surface area contributed by atoms with E-state index in [1.165, 1.54) is 15.8 Å². The molecule has 3 amide bonds. The molecule has 3 aromatic rings. The number of amides is 3. The Morgan fingerprint density at radius 1 is 1.03 bits per heavy atom. The maximum atomic E-state index is 12.7. The van der Waals surface area contributed by atoms with Gasteiger partial charge in [0, 0.05) is 43.2 Å². The molecule has 0 unspecified atom stereocenters. The maximum absolute atomic E-state index is 12.7. The van der Waals surface area contributed by atoms with Gasteiger partial charge in [0.15, 0.2) is 0 Å². The number of fused-ring (bicyclic) bond motifs is 2. The number of aromatic nitrogens is 1. The van der Waals surface area contributed by atoms with Gasteiger partial charge in [-0.2, -0.15) is 0 Å². The molecule has 5 rings (SSSR count). The Balaban J connectivity index is 1.13. The summed E-state index contributed by atoms with van der Waals surface area (Å²) in [5.74, 6) is 0.0597. The van der Waals surface area contributed by atoms with Gasteiger partial charge in [-0.25, -0.2) is 0 Å². The minimum atomic E-state index is -0.253. The lowest BCUT2D eigenvalue weighted by molar-refractivity contribution is -0.132. The van der Waals surface area contributed by atoms with Crippen LogP contribution in [0.3, 0.4) is 0 Å². The number of carbonyl (C=O) groups is 3. The predicted molar refractivity (Wildman–Crippen MR) is 123 cm³/mol. The number of para-hydroxylation sites is 1. The highest BCUT2D eigenvalue weighted by molar-refractivity contribution is 6.21. The summed E-state index contributed by atoms with van der Waals surface area (Å²) < 4.78 is 0. The third-order valence-corrected chi connectivity index (χ3v) is 6.81. The van der Waals surface area contributed by atoms with Crippen LogP contribution in [-0.2, 0) is 4.79 Å². The van der Waals surface area contributed by atoms with E-state index in [9.17, 15) is 14.4 Å². The van der Waals surface area contributed by atoms with Crippen molar-refractivity contribution in [3.05, 3.63) is 70.9 Å². The third kappa shape index (κ3) is 3.60. The molecule has 6 nitrogen and oxygen atoms in total. The van der Waals surface area contributed by atoms with E-state index >= 15 is 0 Å². The fraction of sp³-hybridized carbons (Fsp3) is 0.346. The quantitative estimate of drug-likeness (QED) is 0.616. The Bertz CT molecular complexity index is 1200. The summed E-state index contributed by atoms with van der Waals surface area (Å²) in [7, 11) is 0. The van der Waals surface area contributed by atoms with Crippen molar-refractivity contribution in [2.24, 2.45) is 0 Å². The average Bonchev–Trinajstić information content (AvgIpc) is 3.34. The van der Waals surface area contributed by atoms with Gasteiger partial charge < -0.3 is 9.88 Å². The molecule has 0 saturated carbocycles. The second kappa shape index (κ2) is 8.26. The zero-order valence-corrected chi connectivity index (χ0v) is 18.3. The standard InChI is InChI=1S/C26H27N3O3/c1-17-8-9-20-21(15-17)26(32)29(25(20)31)12-4-7-24(30)28-13-10-18(11-14-28)22-16-27-23-6-3-2-5-19(22)23/h2-3,5-6,8-9,15-16,18,27H,4,7,10-14H2,1H3. The molecule has 1 N–H and O–H groups in total. The van der Waals surface area contributed by atoms with Gasteiger partial charge in [-0.1, -0.05) is 29.8 Å². The van der Waals surface area contributed by atoms with Crippen LogP contribution in [0.15, 0.2) is 48.7 Å². The fourth-order valence-corrected chi connectivity index (χ4v) is 5.03. The van der Waals surface area contributed by atoms with E-state index in [-0.39, 0.29) is 24.3 Å². The smallest absolute Gasteiger partial charge is 0.261 e. The minimum absolute atomic E-state index is 0.106. The number of H-pyrrole nitrogens is 1. The fourth-order valence-electron chi connectivity index (χ4n) is 5.03. The van der Waals surface area contributed by atoms with E-state index in [1.807, 2.05) is 24.0 Å². The number of aromatic amines is 1. The van der Waals surface area contributed by atoms with Crippen LogP contribution in [-0.4, -0.2) is 52.1 Å². The summed E-state index contributed by atoms with van der Waals surface area (Å²) in [6, 6.07) is 13.7. The molecular formula is C26H27N3O3. The van der Waals surface area contributed by atoms with Crippen molar-refractivity contribution in [3.63, 3.8) is 0 Å². The highest BCUT2D eigenvalue weighted by atomic mass is 16.2. The van der Waals surface area contributed by atoms with Crippen LogP contribution in [0.4, 0.5) is 0 Å². The Labute approximate surface area is 187 Å². The van der Waals surface area contributed by atoms with E-state index in [4.69, 9.17) is 0 Å². The van der Waals surface area contributed by atoms with Crippen LogP contribution in [0.25, 0.3) is 10.9 Å². The summed E-state index contributed by atoms with van der Waals surface area (Å²) in [5, 5.41) is 1.27. The first kappa shape index (κ1) is 20.5. The van der Waals surface area contributed by atoms with Crippen LogP contribution in [0.2, 0.25) is 0 Å². The van der Waals surface area contributed by atoms with Crippen LogP contribution in [0, 0.1) is 6.92 Å². The number of likely N-dealkylation sites (tertiary alicyclic amines) is 1. The third-order valence-electron chi connectivity index (χ3n) is 6.81. The highest BCUT2D eigenvalue weighted by Gasteiger charge is 2.35. The lowest BCUT2D eigenvalue weighted by Gasteiger charge is -2.32. The number of carbonyl (C=O) groups excluding carboxylic acids is 3. The first-order valence-corrected chi connectivity index (χ1v) is 11.3. The number of hydrogen-bond acceptors (Lipinski definition) is 3. The first-order valence-electron chi connectivity index (χ1n) is 11.3. The summed E-state index contributed by atoms with van der Waals surface area (Å²) in [4.78, 5) is 44.4. The van der Waals surface area contributed by atoms with Crippen molar-refractivity contribution in [2.75, 3.05) is 19.6 Å². The zero-order chi connectivity index (χ0) is 22.2. The summed E-state index contributed by atoms with van der Waals surface area (Å²) in [5.41, 5.74) is 4.39. The molecule has 0 radical (unpaired) electrons. The summed E-state index contributed by atoms with van der Waals surface area (Å²) >= 11 is 0. The zero-order valence-electron chi connectivity index (χ0n) is 18.3. The van der Waals surface area contributed by atoms with Gasteiger partial charge >= 0.3 is 0 Å². The van der Waals surface area contributed by atoms with E-state index in [2.05, 4.69) is 29.4 Å². The molecule has 1 saturated heterocycles. The molecule has 1 fully saturated rings. The van der Waals surface area contributed by atoms with Crippen molar-refractivity contribution in [2.45, 2.75) is 38.5 Å². The van der Waals surface area contributed by atoms with Crippen molar-refractivity contribution in [1.29, 1.82) is 0 Å². The van der Waals surface area contributed by atoms with Gasteiger partial charge in [0.05, 0.1) is 11.1 Å². The second-order valence-electron chi connectivity index (χ2n) is 8.86. The lowest BCUT2D eigenvalue weighted by atomic mass is 9.89. The maximum Gasteiger partial charge on any atom is 0.261 e. The Morgan fingerprint density at radius 2 is 1.78 bits per heavy atom. The number of aryl methyl sites for hydroxylation is 1. The van der Waals surface area contributed by atoms with Crippen LogP contribution in [0.5, 0.6) is 0 Å². The molecule has 0 bridgehead atoms. The van der Waals surface area contributed by atoms with E-state index in [1.54, 1.807) is 12.1 Å². The van der Waals surface area contributed by atoms with Crippen LogP contribution < -0.4 is 0 Å². The van der Waals surface area contributed by atoms with Crippen molar-refractivity contribution < 1.29 is 14.4 Å². The molecule has 3 heterocycles. The number of rotatable bonds is 5. The predicted octanol–water partition coefficient (Wildman–Crippen LogP) is 4.26. The Kier molecular flexibility index (Phi) is 5.29. The van der Waals surface area contributed by atoms with Crippen LogP contribution in [0.1, 0.15) is 63.4 Å². The molecule has 0 aliphatic carbocycles. The Morgan fingerprint density at radius 3 is 2.59 bits per heavy atom. The molecule has 2 aromatic carbocycles. The van der Waals surface area contributed by atoms with Crippen molar-refractivity contribution in [1.82, 2.24) is 14.8 Å². The number of nitrogens with zero attached hydrogens (tertiary/aromatic N) is 2. The van der Waals surface area contributed by atoms with E-state index in [0.29, 0.717) is 29.9 Å². The molecule has 164 valence electrons.